The first-order valence-corrected chi connectivity index (χ1v) is 10.1. The summed E-state index contributed by atoms with van der Waals surface area (Å²) in [5, 5.41) is 0. The molecule has 2 aromatic rings. The predicted octanol–water partition coefficient (Wildman–Crippen LogP) is 1.77. The first-order valence-electron chi connectivity index (χ1n) is 10.1. The summed E-state index contributed by atoms with van der Waals surface area (Å²) in [4.78, 5) is 30.4. The van der Waals surface area contributed by atoms with E-state index < -0.39 is 17.5 Å². The van der Waals surface area contributed by atoms with Gasteiger partial charge in [0.2, 0.25) is 5.95 Å². The second-order valence-corrected chi connectivity index (χ2v) is 8.06. The number of carbonyl (C=O) groups is 1. The zero-order chi connectivity index (χ0) is 21.4. The van der Waals surface area contributed by atoms with Gasteiger partial charge in [-0.2, -0.15) is 4.98 Å². The van der Waals surface area contributed by atoms with Gasteiger partial charge in [-0.3, -0.25) is 4.79 Å². The van der Waals surface area contributed by atoms with Crippen LogP contribution in [0, 0.1) is 11.6 Å². The van der Waals surface area contributed by atoms with E-state index in [-0.39, 0.29) is 5.56 Å². The highest BCUT2D eigenvalue weighted by atomic mass is 19.1. The van der Waals surface area contributed by atoms with Crippen LogP contribution >= 0.6 is 0 Å². The Kier molecular flexibility index (Phi) is 5.55. The van der Waals surface area contributed by atoms with Crippen LogP contribution in [-0.2, 0) is 13.0 Å². The monoisotopic (exact) mass is 416 g/mol. The van der Waals surface area contributed by atoms with E-state index in [9.17, 15) is 13.6 Å². The van der Waals surface area contributed by atoms with E-state index in [0.29, 0.717) is 19.5 Å². The summed E-state index contributed by atoms with van der Waals surface area (Å²) < 4.78 is 27.3. The maximum absolute atomic E-state index is 14.1. The van der Waals surface area contributed by atoms with E-state index in [1.165, 1.54) is 6.07 Å². The van der Waals surface area contributed by atoms with Crippen molar-refractivity contribution in [3.05, 3.63) is 46.7 Å². The molecule has 7 nitrogen and oxygen atoms in total. The number of fused-ring (bicyclic) bond motifs is 1. The molecule has 3 heterocycles. The minimum absolute atomic E-state index is 0.124. The van der Waals surface area contributed by atoms with Crippen molar-refractivity contribution in [1.82, 2.24) is 19.8 Å². The predicted molar refractivity (Wildman–Crippen MR) is 111 cm³/mol. The summed E-state index contributed by atoms with van der Waals surface area (Å²) in [6.45, 7) is 4.38. The van der Waals surface area contributed by atoms with Crippen LogP contribution in [0.4, 0.5) is 20.5 Å². The average Bonchev–Trinajstić information content (AvgIpc) is 2.72. The number of hydrogen-bond donors (Lipinski definition) is 0. The Labute approximate surface area is 174 Å². The zero-order valence-corrected chi connectivity index (χ0v) is 17.5. The molecule has 1 amide bonds. The van der Waals surface area contributed by atoms with Crippen LogP contribution in [0.5, 0.6) is 0 Å². The van der Waals surface area contributed by atoms with Gasteiger partial charge in [0.05, 0.1) is 17.8 Å². The molecule has 0 N–H and O–H groups in total. The lowest BCUT2D eigenvalue weighted by Gasteiger charge is -2.35. The molecule has 0 spiro atoms. The number of anilines is 2. The molecule has 9 heteroatoms. The van der Waals surface area contributed by atoms with E-state index in [0.717, 1.165) is 61.3 Å². The Balaban J connectivity index is 1.62. The standard InChI is InChI=1S/C21H26F2N6O/c1-26(2)19-16-13-29(20(30)15-5-4-14(22)12-17(15)23)7-6-18(16)24-21(25-19)28-10-8-27(3)9-11-28/h4-5,12H,6-11,13H2,1-3H3. The van der Waals surface area contributed by atoms with Crippen LogP contribution in [0.1, 0.15) is 21.6 Å². The van der Waals surface area contributed by atoms with Gasteiger partial charge in [0.1, 0.15) is 17.5 Å². The second kappa shape index (κ2) is 8.14. The Hall–Kier alpha value is -2.81. The average molecular weight is 416 g/mol. The number of amides is 1. The van der Waals surface area contributed by atoms with Crippen molar-refractivity contribution in [3.8, 4) is 0 Å². The van der Waals surface area contributed by atoms with Gasteiger partial charge in [0.25, 0.3) is 5.91 Å². The molecule has 2 aliphatic rings. The van der Waals surface area contributed by atoms with Gasteiger partial charge in [0, 0.05) is 64.9 Å². The minimum Gasteiger partial charge on any atom is -0.362 e. The summed E-state index contributed by atoms with van der Waals surface area (Å²) in [7, 11) is 5.93. The molecule has 0 bridgehead atoms. The number of aromatic nitrogens is 2. The van der Waals surface area contributed by atoms with Crippen molar-refractivity contribution in [3.63, 3.8) is 0 Å². The molecule has 0 saturated carbocycles. The van der Waals surface area contributed by atoms with E-state index in [2.05, 4.69) is 16.8 Å². The van der Waals surface area contributed by atoms with Gasteiger partial charge in [0.15, 0.2) is 0 Å². The Morgan fingerprint density at radius 1 is 1.07 bits per heavy atom. The van der Waals surface area contributed by atoms with E-state index in [1.54, 1.807) is 4.90 Å². The van der Waals surface area contributed by atoms with Crippen LogP contribution in [0.25, 0.3) is 0 Å². The van der Waals surface area contributed by atoms with Crippen molar-refractivity contribution in [1.29, 1.82) is 0 Å². The second-order valence-electron chi connectivity index (χ2n) is 8.06. The highest BCUT2D eigenvalue weighted by Gasteiger charge is 2.29. The van der Waals surface area contributed by atoms with Crippen molar-refractivity contribution < 1.29 is 13.6 Å². The first-order chi connectivity index (χ1) is 14.3. The number of benzene rings is 1. The van der Waals surface area contributed by atoms with Crippen molar-refractivity contribution in [2.75, 3.05) is 63.7 Å². The summed E-state index contributed by atoms with van der Waals surface area (Å²) in [5.74, 6) is -0.514. The molecule has 0 aliphatic carbocycles. The van der Waals surface area contributed by atoms with Crippen LogP contribution in [0.15, 0.2) is 18.2 Å². The summed E-state index contributed by atoms with van der Waals surface area (Å²) >= 11 is 0. The molecule has 1 saturated heterocycles. The summed E-state index contributed by atoms with van der Waals surface area (Å²) in [5.41, 5.74) is 1.67. The smallest absolute Gasteiger partial charge is 0.257 e. The van der Waals surface area contributed by atoms with E-state index >= 15 is 0 Å². The molecule has 30 heavy (non-hydrogen) atoms. The topological polar surface area (TPSA) is 55.8 Å². The number of nitrogens with zero attached hydrogens (tertiary/aromatic N) is 6. The number of piperazine rings is 1. The fourth-order valence-corrected chi connectivity index (χ4v) is 3.91. The summed E-state index contributed by atoms with van der Waals surface area (Å²) in [6, 6.07) is 3.04. The third-order valence-corrected chi connectivity index (χ3v) is 5.69. The quantitative estimate of drug-likeness (QED) is 0.760. The first kappa shape index (κ1) is 20.5. The normalized spacial score (nSPS) is 17.1. The van der Waals surface area contributed by atoms with Crippen LogP contribution in [0.3, 0.4) is 0 Å². The third-order valence-electron chi connectivity index (χ3n) is 5.69. The van der Waals surface area contributed by atoms with Crippen LogP contribution < -0.4 is 9.80 Å². The van der Waals surface area contributed by atoms with Gasteiger partial charge >= 0.3 is 0 Å². The van der Waals surface area contributed by atoms with Gasteiger partial charge in [-0.1, -0.05) is 0 Å². The molecule has 1 aromatic heterocycles. The highest BCUT2D eigenvalue weighted by molar-refractivity contribution is 5.94. The van der Waals surface area contributed by atoms with Crippen molar-refractivity contribution in [2.24, 2.45) is 0 Å². The molecular formula is C21H26F2N6O. The lowest BCUT2D eigenvalue weighted by molar-refractivity contribution is 0.0729. The third kappa shape index (κ3) is 3.94. The van der Waals surface area contributed by atoms with Crippen molar-refractivity contribution >= 4 is 17.7 Å². The number of rotatable bonds is 3. The molecule has 1 fully saturated rings. The van der Waals surface area contributed by atoms with Crippen LogP contribution in [0.2, 0.25) is 0 Å². The summed E-state index contributed by atoms with van der Waals surface area (Å²) in [6.07, 6.45) is 0.563. The fraction of sp³-hybridized carbons (Fsp3) is 0.476. The molecule has 1 aromatic carbocycles. The van der Waals surface area contributed by atoms with Gasteiger partial charge in [-0.05, 0) is 19.2 Å². The minimum atomic E-state index is -0.847. The fourth-order valence-electron chi connectivity index (χ4n) is 3.91. The van der Waals surface area contributed by atoms with E-state index in [1.807, 2.05) is 19.0 Å². The van der Waals surface area contributed by atoms with Gasteiger partial charge < -0.3 is 19.6 Å². The molecular weight excluding hydrogens is 390 g/mol. The largest absolute Gasteiger partial charge is 0.362 e. The highest BCUT2D eigenvalue weighted by Crippen LogP contribution is 2.29. The lowest BCUT2D eigenvalue weighted by Crippen LogP contribution is -2.45. The molecule has 0 unspecified atom stereocenters. The number of halogens is 2. The molecule has 2 aliphatic heterocycles. The lowest BCUT2D eigenvalue weighted by atomic mass is 10.0. The Morgan fingerprint density at radius 2 is 1.80 bits per heavy atom. The van der Waals surface area contributed by atoms with E-state index in [4.69, 9.17) is 9.97 Å². The molecule has 0 atom stereocenters. The number of likely N-dealkylation sites (N-methyl/N-ethyl adjacent to an activating group) is 1. The number of hydrogen-bond acceptors (Lipinski definition) is 6. The van der Waals surface area contributed by atoms with Gasteiger partial charge in [-0.15, -0.1) is 0 Å². The van der Waals surface area contributed by atoms with Crippen LogP contribution in [-0.4, -0.2) is 79.5 Å². The SMILES string of the molecule is CN1CCN(c2nc3c(c(N(C)C)n2)CN(C(=O)c2ccc(F)cc2F)CC3)CC1. The Morgan fingerprint density at radius 3 is 2.47 bits per heavy atom. The number of carbonyl (C=O) groups excluding carboxylic acids is 1. The molecule has 4 rings (SSSR count). The Bertz CT molecular complexity index is 959. The van der Waals surface area contributed by atoms with Crippen molar-refractivity contribution in [2.45, 2.75) is 13.0 Å². The van der Waals surface area contributed by atoms with Gasteiger partial charge in [-0.25, -0.2) is 13.8 Å². The maximum Gasteiger partial charge on any atom is 0.257 e. The zero-order valence-electron chi connectivity index (χ0n) is 17.5. The molecule has 0 radical (unpaired) electrons. The maximum atomic E-state index is 14.1. The molecule has 160 valence electrons.